The number of piperidine rings is 1. The highest BCUT2D eigenvalue weighted by Crippen LogP contribution is 2.26. The van der Waals surface area contributed by atoms with Crippen LogP contribution in [-0.2, 0) is 4.79 Å². The van der Waals surface area contributed by atoms with E-state index in [1.807, 2.05) is 26.0 Å². The molecule has 1 aromatic heterocycles. The highest BCUT2D eigenvalue weighted by Gasteiger charge is 2.35. The normalized spacial score (nSPS) is 25.4. The van der Waals surface area contributed by atoms with E-state index in [4.69, 9.17) is 0 Å². The zero-order valence-corrected chi connectivity index (χ0v) is 11.1. The SMILES string of the molecule is C[C@@H](NC(=O)C1(C)CCCNC1)c1ccncc1. The lowest BCUT2D eigenvalue weighted by Crippen LogP contribution is -2.49. The van der Waals surface area contributed by atoms with Crippen molar-refractivity contribution in [1.29, 1.82) is 0 Å². The second-order valence-corrected chi connectivity index (χ2v) is 5.32. The molecule has 2 heterocycles. The Labute approximate surface area is 108 Å². The van der Waals surface area contributed by atoms with Gasteiger partial charge in [0.15, 0.2) is 0 Å². The monoisotopic (exact) mass is 247 g/mol. The van der Waals surface area contributed by atoms with Crippen molar-refractivity contribution in [3.05, 3.63) is 30.1 Å². The van der Waals surface area contributed by atoms with Crippen LogP contribution in [0, 0.1) is 5.41 Å². The molecule has 0 aliphatic carbocycles. The lowest BCUT2D eigenvalue weighted by atomic mass is 9.81. The lowest BCUT2D eigenvalue weighted by molar-refractivity contribution is -0.131. The van der Waals surface area contributed by atoms with Crippen LogP contribution in [0.3, 0.4) is 0 Å². The Hall–Kier alpha value is -1.42. The number of carbonyl (C=O) groups is 1. The summed E-state index contributed by atoms with van der Waals surface area (Å²) in [5.41, 5.74) is 0.810. The Bertz CT molecular complexity index is 399. The fourth-order valence-electron chi connectivity index (χ4n) is 2.36. The van der Waals surface area contributed by atoms with E-state index in [-0.39, 0.29) is 17.4 Å². The fourth-order valence-corrected chi connectivity index (χ4v) is 2.36. The number of nitrogens with zero attached hydrogens (tertiary/aromatic N) is 1. The van der Waals surface area contributed by atoms with Crippen LogP contribution in [0.2, 0.25) is 0 Å². The Balaban J connectivity index is 1.98. The molecule has 18 heavy (non-hydrogen) atoms. The maximum Gasteiger partial charge on any atom is 0.227 e. The van der Waals surface area contributed by atoms with E-state index in [0.29, 0.717) is 0 Å². The molecule has 0 spiro atoms. The van der Waals surface area contributed by atoms with E-state index in [9.17, 15) is 4.79 Å². The Morgan fingerprint density at radius 3 is 2.83 bits per heavy atom. The van der Waals surface area contributed by atoms with E-state index in [1.165, 1.54) is 0 Å². The minimum absolute atomic E-state index is 0.0271. The molecule has 1 aliphatic heterocycles. The molecule has 1 unspecified atom stereocenters. The van der Waals surface area contributed by atoms with Crippen molar-refractivity contribution < 1.29 is 4.79 Å². The van der Waals surface area contributed by atoms with Gasteiger partial charge in [-0.05, 0) is 50.9 Å². The van der Waals surface area contributed by atoms with Crippen LogP contribution in [0.5, 0.6) is 0 Å². The van der Waals surface area contributed by atoms with E-state index in [2.05, 4.69) is 15.6 Å². The Morgan fingerprint density at radius 2 is 2.22 bits per heavy atom. The smallest absolute Gasteiger partial charge is 0.227 e. The van der Waals surface area contributed by atoms with Gasteiger partial charge in [0.05, 0.1) is 11.5 Å². The molecule has 1 amide bonds. The predicted molar refractivity (Wildman–Crippen MR) is 71.0 cm³/mol. The van der Waals surface area contributed by atoms with Gasteiger partial charge in [-0.2, -0.15) is 0 Å². The highest BCUT2D eigenvalue weighted by molar-refractivity contribution is 5.83. The first-order valence-corrected chi connectivity index (χ1v) is 6.53. The van der Waals surface area contributed by atoms with Crippen LogP contribution in [-0.4, -0.2) is 24.0 Å². The van der Waals surface area contributed by atoms with E-state index in [1.54, 1.807) is 12.4 Å². The summed E-state index contributed by atoms with van der Waals surface area (Å²) < 4.78 is 0. The maximum atomic E-state index is 12.3. The Morgan fingerprint density at radius 1 is 1.50 bits per heavy atom. The molecule has 0 bridgehead atoms. The summed E-state index contributed by atoms with van der Waals surface area (Å²) in [6, 6.07) is 3.90. The summed E-state index contributed by atoms with van der Waals surface area (Å²) in [6.07, 6.45) is 5.52. The van der Waals surface area contributed by atoms with Gasteiger partial charge in [0, 0.05) is 18.9 Å². The van der Waals surface area contributed by atoms with Gasteiger partial charge in [-0.15, -0.1) is 0 Å². The van der Waals surface area contributed by atoms with Crippen molar-refractivity contribution in [3.63, 3.8) is 0 Å². The summed E-state index contributed by atoms with van der Waals surface area (Å²) in [6.45, 7) is 5.82. The van der Waals surface area contributed by atoms with Gasteiger partial charge in [-0.1, -0.05) is 0 Å². The van der Waals surface area contributed by atoms with Gasteiger partial charge in [-0.25, -0.2) is 0 Å². The zero-order chi connectivity index (χ0) is 13.0. The number of pyridine rings is 1. The number of rotatable bonds is 3. The largest absolute Gasteiger partial charge is 0.349 e. The van der Waals surface area contributed by atoms with Crippen molar-refractivity contribution in [1.82, 2.24) is 15.6 Å². The molecule has 1 aliphatic rings. The van der Waals surface area contributed by atoms with Crippen LogP contribution in [0.1, 0.15) is 38.3 Å². The quantitative estimate of drug-likeness (QED) is 0.854. The molecular formula is C14H21N3O. The molecular weight excluding hydrogens is 226 g/mol. The minimum atomic E-state index is -0.278. The molecule has 2 rings (SSSR count). The lowest BCUT2D eigenvalue weighted by Gasteiger charge is -2.33. The van der Waals surface area contributed by atoms with E-state index >= 15 is 0 Å². The van der Waals surface area contributed by atoms with Crippen molar-refractivity contribution >= 4 is 5.91 Å². The van der Waals surface area contributed by atoms with Gasteiger partial charge < -0.3 is 10.6 Å². The van der Waals surface area contributed by atoms with Crippen molar-refractivity contribution in [2.45, 2.75) is 32.7 Å². The van der Waals surface area contributed by atoms with Gasteiger partial charge in [-0.3, -0.25) is 9.78 Å². The molecule has 2 atom stereocenters. The van der Waals surface area contributed by atoms with Crippen LogP contribution < -0.4 is 10.6 Å². The van der Waals surface area contributed by atoms with Gasteiger partial charge in [0.1, 0.15) is 0 Å². The molecule has 4 heteroatoms. The molecule has 1 fully saturated rings. The fraction of sp³-hybridized carbons (Fsp3) is 0.571. The molecule has 1 aromatic rings. The maximum absolute atomic E-state index is 12.3. The first-order valence-electron chi connectivity index (χ1n) is 6.53. The van der Waals surface area contributed by atoms with Crippen LogP contribution in [0.15, 0.2) is 24.5 Å². The summed E-state index contributed by atoms with van der Waals surface area (Å²) in [5.74, 6) is 0.138. The average Bonchev–Trinajstić information content (AvgIpc) is 2.40. The molecule has 98 valence electrons. The first kappa shape index (κ1) is 13.0. The highest BCUT2D eigenvalue weighted by atomic mass is 16.2. The zero-order valence-electron chi connectivity index (χ0n) is 11.1. The molecule has 0 saturated carbocycles. The van der Waals surface area contributed by atoms with Gasteiger partial charge in [0.25, 0.3) is 0 Å². The molecule has 1 saturated heterocycles. The summed E-state index contributed by atoms with van der Waals surface area (Å²) in [5, 5.41) is 6.40. The number of aromatic nitrogens is 1. The third-order valence-corrected chi connectivity index (χ3v) is 3.70. The summed E-state index contributed by atoms with van der Waals surface area (Å²) in [7, 11) is 0. The van der Waals surface area contributed by atoms with E-state index < -0.39 is 0 Å². The molecule has 2 N–H and O–H groups in total. The number of amides is 1. The number of hydrogen-bond donors (Lipinski definition) is 2. The third-order valence-electron chi connectivity index (χ3n) is 3.70. The second kappa shape index (κ2) is 5.48. The van der Waals surface area contributed by atoms with Crippen LogP contribution >= 0.6 is 0 Å². The van der Waals surface area contributed by atoms with Gasteiger partial charge in [0.2, 0.25) is 5.91 Å². The number of nitrogens with one attached hydrogen (secondary N) is 2. The third kappa shape index (κ3) is 2.88. The summed E-state index contributed by atoms with van der Waals surface area (Å²) >= 11 is 0. The molecule has 0 radical (unpaired) electrons. The average molecular weight is 247 g/mol. The molecule has 0 aromatic carbocycles. The van der Waals surface area contributed by atoms with Crippen LogP contribution in [0.25, 0.3) is 0 Å². The standard InChI is InChI=1S/C14H21N3O/c1-11(12-4-8-15-9-5-12)17-13(18)14(2)6-3-7-16-10-14/h4-5,8-9,11,16H,3,6-7,10H2,1-2H3,(H,17,18)/t11-,14?/m1/s1. The van der Waals surface area contributed by atoms with Gasteiger partial charge >= 0.3 is 0 Å². The Kier molecular flexibility index (Phi) is 3.97. The van der Waals surface area contributed by atoms with Crippen molar-refractivity contribution in [2.24, 2.45) is 5.41 Å². The second-order valence-electron chi connectivity index (χ2n) is 5.32. The summed E-state index contributed by atoms with van der Waals surface area (Å²) in [4.78, 5) is 16.3. The predicted octanol–water partition coefficient (Wildman–Crippen LogP) is 1.65. The van der Waals surface area contributed by atoms with Crippen molar-refractivity contribution in [3.8, 4) is 0 Å². The topological polar surface area (TPSA) is 54.0 Å². The van der Waals surface area contributed by atoms with Crippen molar-refractivity contribution in [2.75, 3.05) is 13.1 Å². The van der Waals surface area contributed by atoms with E-state index in [0.717, 1.165) is 31.5 Å². The minimum Gasteiger partial charge on any atom is -0.349 e. The van der Waals surface area contributed by atoms with Crippen LogP contribution in [0.4, 0.5) is 0 Å². The first-order chi connectivity index (χ1) is 8.62. The number of carbonyl (C=O) groups excluding carboxylic acids is 1. The number of hydrogen-bond acceptors (Lipinski definition) is 3. The molecule has 4 nitrogen and oxygen atoms in total.